The van der Waals surface area contributed by atoms with Crippen LogP contribution in [-0.2, 0) is 13.0 Å². The Morgan fingerprint density at radius 2 is 1.79 bits per heavy atom. The summed E-state index contributed by atoms with van der Waals surface area (Å²) in [4.78, 5) is 21.0. The SMILES string of the molecule is Cc1cccc(CNC(=O)c2cc(NCCc3ccc(F)cc3)nc(C)n2)c1. The molecule has 1 aromatic heterocycles. The zero-order valence-corrected chi connectivity index (χ0v) is 16.0. The molecular formula is C22H23FN4O. The predicted octanol–water partition coefficient (Wildman–Crippen LogP) is 3.82. The van der Waals surface area contributed by atoms with Crippen molar-refractivity contribution in [2.45, 2.75) is 26.8 Å². The van der Waals surface area contributed by atoms with E-state index in [2.05, 4.69) is 20.6 Å². The molecule has 0 aliphatic rings. The summed E-state index contributed by atoms with van der Waals surface area (Å²) < 4.78 is 13.0. The van der Waals surface area contributed by atoms with E-state index in [0.717, 1.165) is 23.1 Å². The van der Waals surface area contributed by atoms with Gasteiger partial charge >= 0.3 is 0 Å². The monoisotopic (exact) mass is 378 g/mol. The van der Waals surface area contributed by atoms with Crippen LogP contribution in [0.15, 0.2) is 54.6 Å². The average molecular weight is 378 g/mol. The molecule has 0 saturated heterocycles. The Balaban J connectivity index is 1.58. The maximum Gasteiger partial charge on any atom is 0.270 e. The molecule has 1 heterocycles. The third-order valence-corrected chi connectivity index (χ3v) is 4.24. The first-order valence-electron chi connectivity index (χ1n) is 9.17. The Kier molecular flexibility index (Phi) is 6.32. The summed E-state index contributed by atoms with van der Waals surface area (Å²) in [7, 11) is 0. The van der Waals surface area contributed by atoms with Crippen LogP contribution in [0.5, 0.6) is 0 Å². The molecule has 144 valence electrons. The third kappa shape index (κ3) is 5.61. The lowest BCUT2D eigenvalue weighted by Gasteiger charge is -2.10. The van der Waals surface area contributed by atoms with Crippen LogP contribution in [0.4, 0.5) is 10.2 Å². The van der Waals surface area contributed by atoms with Gasteiger partial charge < -0.3 is 10.6 Å². The molecule has 3 aromatic rings. The van der Waals surface area contributed by atoms with Crippen molar-refractivity contribution in [1.29, 1.82) is 0 Å². The van der Waals surface area contributed by atoms with E-state index in [1.807, 2.05) is 31.2 Å². The van der Waals surface area contributed by atoms with Crippen molar-refractivity contribution >= 4 is 11.7 Å². The van der Waals surface area contributed by atoms with Crippen molar-refractivity contribution in [2.24, 2.45) is 0 Å². The fourth-order valence-electron chi connectivity index (χ4n) is 2.86. The van der Waals surface area contributed by atoms with Crippen LogP contribution in [0.25, 0.3) is 0 Å². The van der Waals surface area contributed by atoms with Gasteiger partial charge in [0, 0.05) is 19.2 Å². The molecule has 2 aromatic carbocycles. The normalized spacial score (nSPS) is 10.5. The van der Waals surface area contributed by atoms with Crippen LogP contribution in [0.1, 0.15) is 33.0 Å². The minimum atomic E-state index is -0.246. The summed E-state index contributed by atoms with van der Waals surface area (Å²) >= 11 is 0. The second kappa shape index (κ2) is 9.08. The maximum absolute atomic E-state index is 13.0. The number of aryl methyl sites for hydroxylation is 2. The highest BCUT2D eigenvalue weighted by atomic mass is 19.1. The number of hydrogen-bond acceptors (Lipinski definition) is 4. The number of nitrogens with one attached hydrogen (secondary N) is 2. The standard InChI is InChI=1S/C22H23FN4O/c1-15-4-3-5-18(12-15)14-25-22(28)20-13-21(27-16(2)26-20)24-11-10-17-6-8-19(23)9-7-17/h3-9,12-13H,10-11,14H2,1-2H3,(H,25,28)(H,24,26,27). The van der Waals surface area contributed by atoms with Gasteiger partial charge in [-0.05, 0) is 43.5 Å². The van der Waals surface area contributed by atoms with Crippen LogP contribution in [0, 0.1) is 19.7 Å². The number of hydrogen-bond donors (Lipinski definition) is 2. The molecule has 2 N–H and O–H groups in total. The number of anilines is 1. The van der Waals surface area contributed by atoms with Gasteiger partial charge in [0.15, 0.2) is 0 Å². The van der Waals surface area contributed by atoms with E-state index < -0.39 is 0 Å². The highest BCUT2D eigenvalue weighted by Gasteiger charge is 2.10. The Morgan fingerprint density at radius 3 is 2.54 bits per heavy atom. The molecule has 0 bridgehead atoms. The van der Waals surface area contributed by atoms with E-state index in [1.165, 1.54) is 12.1 Å². The topological polar surface area (TPSA) is 66.9 Å². The number of benzene rings is 2. The largest absolute Gasteiger partial charge is 0.370 e. The van der Waals surface area contributed by atoms with Crippen molar-refractivity contribution in [1.82, 2.24) is 15.3 Å². The molecule has 0 aliphatic carbocycles. The Labute approximate surface area is 164 Å². The van der Waals surface area contributed by atoms with Gasteiger partial charge in [0.1, 0.15) is 23.2 Å². The zero-order chi connectivity index (χ0) is 19.9. The highest BCUT2D eigenvalue weighted by Crippen LogP contribution is 2.09. The molecule has 0 radical (unpaired) electrons. The Hall–Kier alpha value is -3.28. The van der Waals surface area contributed by atoms with E-state index in [0.29, 0.717) is 30.4 Å². The molecular weight excluding hydrogens is 355 g/mol. The lowest BCUT2D eigenvalue weighted by Crippen LogP contribution is -2.24. The molecule has 0 saturated carbocycles. The number of halogens is 1. The summed E-state index contributed by atoms with van der Waals surface area (Å²) in [5.41, 5.74) is 3.54. The number of amides is 1. The molecule has 0 unspecified atom stereocenters. The summed E-state index contributed by atoms with van der Waals surface area (Å²) in [6.45, 7) is 4.83. The number of nitrogens with zero attached hydrogens (tertiary/aromatic N) is 2. The number of carbonyl (C=O) groups is 1. The minimum Gasteiger partial charge on any atom is -0.370 e. The van der Waals surface area contributed by atoms with Gasteiger partial charge in [-0.15, -0.1) is 0 Å². The van der Waals surface area contributed by atoms with E-state index in [4.69, 9.17) is 0 Å². The first kappa shape index (κ1) is 19.5. The lowest BCUT2D eigenvalue weighted by molar-refractivity contribution is 0.0945. The smallest absolute Gasteiger partial charge is 0.270 e. The summed E-state index contributed by atoms with van der Waals surface area (Å²) in [5, 5.41) is 6.09. The molecule has 0 spiro atoms. The Bertz CT molecular complexity index is 957. The van der Waals surface area contributed by atoms with E-state index in [9.17, 15) is 9.18 Å². The summed E-state index contributed by atoms with van der Waals surface area (Å²) in [6, 6.07) is 16.0. The van der Waals surface area contributed by atoms with Crippen molar-refractivity contribution in [2.75, 3.05) is 11.9 Å². The van der Waals surface area contributed by atoms with Crippen molar-refractivity contribution in [3.05, 3.63) is 88.6 Å². The molecule has 3 rings (SSSR count). The van der Waals surface area contributed by atoms with Crippen molar-refractivity contribution < 1.29 is 9.18 Å². The summed E-state index contributed by atoms with van der Waals surface area (Å²) in [5.74, 6) is 0.626. The number of rotatable bonds is 7. The molecule has 28 heavy (non-hydrogen) atoms. The summed E-state index contributed by atoms with van der Waals surface area (Å²) in [6.07, 6.45) is 0.720. The van der Waals surface area contributed by atoms with Crippen molar-refractivity contribution in [3.63, 3.8) is 0 Å². The van der Waals surface area contributed by atoms with Crippen LogP contribution in [0.3, 0.4) is 0 Å². The fourth-order valence-corrected chi connectivity index (χ4v) is 2.86. The zero-order valence-electron chi connectivity index (χ0n) is 16.0. The van der Waals surface area contributed by atoms with Gasteiger partial charge in [-0.3, -0.25) is 4.79 Å². The van der Waals surface area contributed by atoms with E-state index >= 15 is 0 Å². The van der Waals surface area contributed by atoms with Gasteiger partial charge in [-0.25, -0.2) is 14.4 Å². The first-order chi connectivity index (χ1) is 13.5. The quantitative estimate of drug-likeness (QED) is 0.656. The highest BCUT2D eigenvalue weighted by molar-refractivity contribution is 5.92. The average Bonchev–Trinajstić information content (AvgIpc) is 2.67. The predicted molar refractivity (Wildman–Crippen MR) is 108 cm³/mol. The minimum absolute atomic E-state index is 0.242. The third-order valence-electron chi connectivity index (χ3n) is 4.24. The van der Waals surface area contributed by atoms with Crippen molar-refractivity contribution in [3.8, 4) is 0 Å². The molecule has 5 nitrogen and oxygen atoms in total. The van der Waals surface area contributed by atoms with E-state index in [-0.39, 0.29) is 11.7 Å². The van der Waals surface area contributed by atoms with Crippen LogP contribution >= 0.6 is 0 Å². The Morgan fingerprint density at radius 1 is 1.00 bits per heavy atom. The van der Waals surface area contributed by atoms with E-state index in [1.54, 1.807) is 25.1 Å². The van der Waals surface area contributed by atoms with Crippen LogP contribution in [0.2, 0.25) is 0 Å². The second-order valence-electron chi connectivity index (χ2n) is 6.66. The number of aromatic nitrogens is 2. The van der Waals surface area contributed by atoms with Crippen LogP contribution in [-0.4, -0.2) is 22.4 Å². The second-order valence-corrected chi connectivity index (χ2v) is 6.66. The lowest BCUT2D eigenvalue weighted by atomic mass is 10.1. The van der Waals surface area contributed by atoms with Gasteiger partial charge in [0.2, 0.25) is 0 Å². The maximum atomic E-state index is 13.0. The fraction of sp³-hybridized carbons (Fsp3) is 0.227. The van der Waals surface area contributed by atoms with Gasteiger partial charge in [0.25, 0.3) is 5.91 Å². The van der Waals surface area contributed by atoms with Gasteiger partial charge in [-0.2, -0.15) is 0 Å². The molecule has 0 fully saturated rings. The van der Waals surface area contributed by atoms with Gasteiger partial charge in [-0.1, -0.05) is 42.0 Å². The first-order valence-corrected chi connectivity index (χ1v) is 9.17. The van der Waals surface area contributed by atoms with Gasteiger partial charge in [0.05, 0.1) is 0 Å². The molecule has 1 amide bonds. The van der Waals surface area contributed by atoms with Crippen LogP contribution < -0.4 is 10.6 Å². The molecule has 0 aliphatic heterocycles. The molecule has 6 heteroatoms. The number of carbonyl (C=O) groups excluding carboxylic acids is 1. The molecule has 0 atom stereocenters.